The minimum Gasteiger partial charge on any atom is -0.396 e. The van der Waals surface area contributed by atoms with Crippen LogP contribution in [-0.4, -0.2) is 48.8 Å². The predicted octanol–water partition coefficient (Wildman–Crippen LogP) is 2.00. The lowest BCUT2D eigenvalue weighted by molar-refractivity contribution is 0.0717. The Hall–Kier alpha value is -0.120. The SMILES string of the molecule is CC1CC(NCC2(CO)CCCCC2)CCN1C. The lowest BCUT2D eigenvalue weighted by atomic mass is 9.74. The van der Waals surface area contributed by atoms with Gasteiger partial charge in [-0.25, -0.2) is 0 Å². The molecule has 1 saturated carbocycles. The molecule has 3 heteroatoms. The first-order valence-electron chi connectivity index (χ1n) is 7.70. The zero-order valence-electron chi connectivity index (χ0n) is 12.1. The van der Waals surface area contributed by atoms with Gasteiger partial charge in [0, 0.05) is 30.7 Å². The van der Waals surface area contributed by atoms with Crippen molar-refractivity contribution in [2.24, 2.45) is 5.41 Å². The van der Waals surface area contributed by atoms with Crippen LogP contribution >= 0.6 is 0 Å². The summed E-state index contributed by atoms with van der Waals surface area (Å²) in [6.45, 7) is 4.90. The molecule has 2 fully saturated rings. The Kier molecular flexibility index (Phi) is 5.05. The second-order valence-electron chi connectivity index (χ2n) is 6.65. The normalized spacial score (nSPS) is 33.5. The maximum absolute atomic E-state index is 9.72. The molecule has 0 spiro atoms. The van der Waals surface area contributed by atoms with Crippen molar-refractivity contribution in [1.29, 1.82) is 0 Å². The number of aliphatic hydroxyl groups excluding tert-OH is 1. The molecule has 0 radical (unpaired) electrons. The van der Waals surface area contributed by atoms with Gasteiger partial charge in [-0.2, -0.15) is 0 Å². The summed E-state index contributed by atoms with van der Waals surface area (Å²) in [5.74, 6) is 0. The number of rotatable bonds is 4. The summed E-state index contributed by atoms with van der Waals surface area (Å²) in [5, 5.41) is 13.5. The smallest absolute Gasteiger partial charge is 0.0499 e. The highest BCUT2D eigenvalue weighted by atomic mass is 16.3. The maximum atomic E-state index is 9.72. The van der Waals surface area contributed by atoms with Gasteiger partial charge in [0.1, 0.15) is 0 Å². The third kappa shape index (κ3) is 3.46. The molecule has 0 aromatic carbocycles. The average molecular weight is 254 g/mol. The maximum Gasteiger partial charge on any atom is 0.0499 e. The van der Waals surface area contributed by atoms with Gasteiger partial charge in [-0.05, 0) is 46.2 Å². The summed E-state index contributed by atoms with van der Waals surface area (Å²) < 4.78 is 0. The number of aliphatic hydroxyl groups is 1. The Morgan fingerprint density at radius 3 is 2.61 bits per heavy atom. The van der Waals surface area contributed by atoms with Crippen LogP contribution in [-0.2, 0) is 0 Å². The third-order valence-electron chi connectivity index (χ3n) is 5.22. The Morgan fingerprint density at radius 1 is 1.28 bits per heavy atom. The minimum absolute atomic E-state index is 0.185. The Bertz CT molecular complexity index is 251. The summed E-state index contributed by atoms with van der Waals surface area (Å²) in [5.41, 5.74) is 0.185. The van der Waals surface area contributed by atoms with E-state index < -0.39 is 0 Å². The van der Waals surface area contributed by atoms with Gasteiger partial charge < -0.3 is 15.3 Å². The molecule has 1 heterocycles. The zero-order valence-corrected chi connectivity index (χ0v) is 12.1. The highest BCUT2D eigenvalue weighted by molar-refractivity contribution is 4.88. The van der Waals surface area contributed by atoms with E-state index >= 15 is 0 Å². The molecule has 2 N–H and O–H groups in total. The van der Waals surface area contributed by atoms with Crippen molar-refractivity contribution in [2.75, 3.05) is 26.7 Å². The van der Waals surface area contributed by atoms with Crippen molar-refractivity contribution in [3.63, 3.8) is 0 Å². The summed E-state index contributed by atoms with van der Waals surface area (Å²) >= 11 is 0. The predicted molar refractivity (Wildman–Crippen MR) is 75.7 cm³/mol. The highest BCUT2D eigenvalue weighted by Crippen LogP contribution is 2.35. The molecule has 2 aliphatic rings. The van der Waals surface area contributed by atoms with Crippen LogP contribution in [0.25, 0.3) is 0 Å². The molecular weight excluding hydrogens is 224 g/mol. The Labute approximate surface area is 112 Å². The Balaban J connectivity index is 1.79. The van der Waals surface area contributed by atoms with Crippen LogP contribution in [0.2, 0.25) is 0 Å². The van der Waals surface area contributed by atoms with Gasteiger partial charge in [0.05, 0.1) is 0 Å². The van der Waals surface area contributed by atoms with E-state index in [0.717, 1.165) is 6.54 Å². The monoisotopic (exact) mass is 254 g/mol. The van der Waals surface area contributed by atoms with Gasteiger partial charge in [0.2, 0.25) is 0 Å². The molecule has 0 bridgehead atoms. The number of nitrogens with one attached hydrogen (secondary N) is 1. The number of likely N-dealkylation sites (tertiary alicyclic amines) is 1. The lowest BCUT2D eigenvalue weighted by Crippen LogP contribution is -2.49. The molecule has 3 nitrogen and oxygen atoms in total. The van der Waals surface area contributed by atoms with Crippen molar-refractivity contribution in [1.82, 2.24) is 10.2 Å². The van der Waals surface area contributed by atoms with Gasteiger partial charge in [-0.3, -0.25) is 0 Å². The number of nitrogens with zero attached hydrogens (tertiary/aromatic N) is 1. The van der Waals surface area contributed by atoms with Crippen LogP contribution in [0.3, 0.4) is 0 Å². The second-order valence-corrected chi connectivity index (χ2v) is 6.65. The number of piperidine rings is 1. The standard InChI is InChI=1S/C15H30N2O/c1-13-10-14(6-9-17(13)2)16-11-15(12-18)7-4-3-5-8-15/h13-14,16,18H,3-12H2,1-2H3. The first-order chi connectivity index (χ1) is 8.65. The summed E-state index contributed by atoms with van der Waals surface area (Å²) in [7, 11) is 2.22. The minimum atomic E-state index is 0.185. The van der Waals surface area contributed by atoms with Crippen molar-refractivity contribution in [3.05, 3.63) is 0 Å². The summed E-state index contributed by atoms with van der Waals surface area (Å²) in [6, 6.07) is 1.34. The van der Waals surface area contributed by atoms with Crippen molar-refractivity contribution in [3.8, 4) is 0 Å². The van der Waals surface area contributed by atoms with Crippen LogP contribution in [0.5, 0.6) is 0 Å². The van der Waals surface area contributed by atoms with E-state index in [2.05, 4.69) is 24.2 Å². The molecule has 0 aromatic rings. The third-order valence-corrected chi connectivity index (χ3v) is 5.22. The fraction of sp³-hybridized carbons (Fsp3) is 1.00. The van der Waals surface area contributed by atoms with Crippen molar-refractivity contribution < 1.29 is 5.11 Å². The molecule has 18 heavy (non-hydrogen) atoms. The van der Waals surface area contributed by atoms with E-state index in [1.54, 1.807) is 0 Å². The van der Waals surface area contributed by atoms with Crippen LogP contribution < -0.4 is 5.32 Å². The molecule has 106 valence electrons. The topological polar surface area (TPSA) is 35.5 Å². The quantitative estimate of drug-likeness (QED) is 0.805. The first kappa shape index (κ1) is 14.3. The second kappa shape index (κ2) is 6.36. The van der Waals surface area contributed by atoms with Gasteiger partial charge in [0.25, 0.3) is 0 Å². The van der Waals surface area contributed by atoms with Crippen LogP contribution in [0.1, 0.15) is 51.9 Å². The van der Waals surface area contributed by atoms with Crippen LogP contribution in [0.4, 0.5) is 0 Å². The molecule has 1 saturated heterocycles. The average Bonchev–Trinajstić information content (AvgIpc) is 2.41. The van der Waals surface area contributed by atoms with E-state index in [9.17, 15) is 5.11 Å². The fourth-order valence-corrected chi connectivity index (χ4v) is 3.53. The molecule has 1 aliphatic carbocycles. The van der Waals surface area contributed by atoms with E-state index in [-0.39, 0.29) is 5.41 Å². The van der Waals surface area contributed by atoms with Crippen molar-refractivity contribution >= 4 is 0 Å². The van der Waals surface area contributed by atoms with Gasteiger partial charge in [-0.15, -0.1) is 0 Å². The summed E-state index contributed by atoms with van der Waals surface area (Å²) in [6.07, 6.45) is 8.86. The van der Waals surface area contributed by atoms with Gasteiger partial charge in [-0.1, -0.05) is 19.3 Å². The number of hydrogen-bond donors (Lipinski definition) is 2. The molecule has 0 aromatic heterocycles. The van der Waals surface area contributed by atoms with E-state index in [0.29, 0.717) is 18.7 Å². The van der Waals surface area contributed by atoms with Crippen LogP contribution in [0, 0.1) is 5.41 Å². The van der Waals surface area contributed by atoms with E-state index in [4.69, 9.17) is 0 Å². The van der Waals surface area contributed by atoms with E-state index in [1.807, 2.05) is 0 Å². The van der Waals surface area contributed by atoms with Gasteiger partial charge in [0.15, 0.2) is 0 Å². The lowest BCUT2D eigenvalue weighted by Gasteiger charge is -2.40. The molecule has 2 unspecified atom stereocenters. The van der Waals surface area contributed by atoms with E-state index in [1.165, 1.54) is 51.5 Å². The van der Waals surface area contributed by atoms with Gasteiger partial charge >= 0.3 is 0 Å². The molecular formula is C15H30N2O. The molecule has 2 atom stereocenters. The highest BCUT2D eigenvalue weighted by Gasteiger charge is 2.32. The largest absolute Gasteiger partial charge is 0.396 e. The van der Waals surface area contributed by atoms with Crippen LogP contribution in [0.15, 0.2) is 0 Å². The Morgan fingerprint density at radius 2 is 2.00 bits per heavy atom. The first-order valence-corrected chi connectivity index (χ1v) is 7.70. The molecule has 1 aliphatic heterocycles. The molecule has 2 rings (SSSR count). The fourth-order valence-electron chi connectivity index (χ4n) is 3.53. The number of hydrogen-bond acceptors (Lipinski definition) is 3. The zero-order chi connectivity index (χ0) is 13.0. The molecule has 0 amide bonds. The summed E-state index contributed by atoms with van der Waals surface area (Å²) in [4.78, 5) is 2.45. The van der Waals surface area contributed by atoms with Crippen molar-refractivity contribution in [2.45, 2.75) is 64.0 Å².